The van der Waals surface area contributed by atoms with Gasteiger partial charge >= 0.3 is 5.97 Å². The van der Waals surface area contributed by atoms with Crippen molar-refractivity contribution in [3.63, 3.8) is 0 Å². The van der Waals surface area contributed by atoms with Gasteiger partial charge in [0.25, 0.3) is 0 Å². The largest absolute Gasteiger partial charge is 0.496 e. The molecule has 0 N–H and O–H groups in total. The van der Waals surface area contributed by atoms with Crippen LogP contribution in [0.1, 0.15) is 10.4 Å². The van der Waals surface area contributed by atoms with E-state index in [1.165, 1.54) is 14.2 Å². The lowest BCUT2D eigenvalue weighted by atomic mass is 10.1. The Bertz CT molecular complexity index is 599. The highest BCUT2D eigenvalue weighted by molar-refractivity contribution is 6.33. The zero-order chi connectivity index (χ0) is 13.8. The third-order valence-electron chi connectivity index (χ3n) is 2.62. The van der Waals surface area contributed by atoms with Gasteiger partial charge in [-0.15, -0.1) is 0 Å². The molecule has 19 heavy (non-hydrogen) atoms. The van der Waals surface area contributed by atoms with Crippen molar-refractivity contribution in [2.45, 2.75) is 0 Å². The third-order valence-corrected chi connectivity index (χ3v) is 2.89. The average molecular weight is 278 g/mol. The Morgan fingerprint density at radius 1 is 1.21 bits per heavy atom. The van der Waals surface area contributed by atoms with Crippen molar-refractivity contribution in [3.8, 4) is 17.0 Å². The number of halogens is 1. The van der Waals surface area contributed by atoms with Crippen LogP contribution in [0.15, 0.2) is 36.4 Å². The van der Waals surface area contributed by atoms with E-state index in [0.717, 1.165) is 5.56 Å². The average Bonchev–Trinajstić information content (AvgIpc) is 2.46. The van der Waals surface area contributed by atoms with E-state index >= 15 is 0 Å². The molecule has 2 aromatic rings. The van der Waals surface area contributed by atoms with Crippen LogP contribution in [0, 0.1) is 0 Å². The van der Waals surface area contributed by atoms with Crippen LogP contribution in [0.5, 0.6) is 5.75 Å². The summed E-state index contributed by atoms with van der Waals surface area (Å²) in [6, 6.07) is 11.2. The maximum Gasteiger partial charge on any atom is 0.344 e. The number of benzene rings is 1. The highest BCUT2D eigenvalue weighted by atomic mass is 35.5. The Morgan fingerprint density at radius 2 is 1.89 bits per heavy atom. The summed E-state index contributed by atoms with van der Waals surface area (Å²) in [6.45, 7) is 0. The fourth-order valence-corrected chi connectivity index (χ4v) is 1.96. The summed E-state index contributed by atoms with van der Waals surface area (Å²) in [5.74, 6) is -0.236. The highest BCUT2D eigenvalue weighted by Crippen LogP contribution is 2.30. The van der Waals surface area contributed by atoms with Crippen LogP contribution >= 0.6 is 11.6 Å². The second-order valence-corrected chi connectivity index (χ2v) is 4.09. The summed E-state index contributed by atoms with van der Waals surface area (Å²) in [7, 11) is 2.75. The van der Waals surface area contributed by atoms with E-state index in [2.05, 4.69) is 9.72 Å². The minimum absolute atomic E-state index is 0.0602. The Morgan fingerprint density at radius 3 is 2.47 bits per heavy atom. The Balaban J connectivity index is 2.57. The van der Waals surface area contributed by atoms with E-state index in [0.29, 0.717) is 11.4 Å². The number of esters is 1. The number of hydrogen-bond donors (Lipinski definition) is 0. The van der Waals surface area contributed by atoms with Gasteiger partial charge in [-0.1, -0.05) is 41.9 Å². The van der Waals surface area contributed by atoms with E-state index in [1.807, 2.05) is 30.3 Å². The minimum atomic E-state index is -0.575. The SMILES string of the molecule is COC(=O)c1c(OC)cc(-c2ccccc2)nc1Cl. The highest BCUT2D eigenvalue weighted by Gasteiger charge is 2.20. The molecule has 0 spiro atoms. The first-order valence-corrected chi connectivity index (χ1v) is 5.93. The van der Waals surface area contributed by atoms with Crippen molar-refractivity contribution < 1.29 is 14.3 Å². The fourth-order valence-electron chi connectivity index (χ4n) is 1.70. The van der Waals surface area contributed by atoms with Gasteiger partial charge in [0.05, 0.1) is 19.9 Å². The van der Waals surface area contributed by atoms with E-state index in [4.69, 9.17) is 16.3 Å². The Kier molecular flexibility index (Phi) is 4.02. The monoisotopic (exact) mass is 277 g/mol. The number of nitrogens with zero attached hydrogens (tertiary/aromatic N) is 1. The van der Waals surface area contributed by atoms with Crippen molar-refractivity contribution in [1.29, 1.82) is 0 Å². The number of methoxy groups -OCH3 is 2. The van der Waals surface area contributed by atoms with Crippen molar-refractivity contribution in [2.24, 2.45) is 0 Å². The van der Waals surface area contributed by atoms with Gasteiger partial charge in [0, 0.05) is 11.6 Å². The van der Waals surface area contributed by atoms with E-state index in [1.54, 1.807) is 6.07 Å². The molecule has 0 atom stereocenters. The molecule has 2 rings (SSSR count). The molecule has 1 aromatic carbocycles. The molecule has 4 nitrogen and oxygen atoms in total. The number of ether oxygens (including phenoxy) is 2. The van der Waals surface area contributed by atoms with Gasteiger partial charge in [-0.2, -0.15) is 0 Å². The van der Waals surface area contributed by atoms with Gasteiger partial charge in [-0.3, -0.25) is 0 Å². The smallest absolute Gasteiger partial charge is 0.344 e. The predicted octanol–water partition coefficient (Wildman–Crippen LogP) is 3.20. The van der Waals surface area contributed by atoms with Crippen molar-refractivity contribution in [2.75, 3.05) is 14.2 Å². The summed E-state index contributed by atoms with van der Waals surface area (Å²) in [5.41, 5.74) is 1.65. The Hall–Kier alpha value is -2.07. The van der Waals surface area contributed by atoms with Crippen LogP contribution in [-0.2, 0) is 4.74 Å². The fraction of sp³-hybridized carbons (Fsp3) is 0.143. The van der Waals surface area contributed by atoms with Gasteiger partial charge in [-0.05, 0) is 0 Å². The van der Waals surface area contributed by atoms with Crippen molar-refractivity contribution >= 4 is 17.6 Å². The maximum absolute atomic E-state index is 11.6. The first-order chi connectivity index (χ1) is 9.17. The first kappa shape index (κ1) is 13.4. The molecule has 0 amide bonds. The summed E-state index contributed by atoms with van der Waals surface area (Å²) in [6.07, 6.45) is 0. The number of carbonyl (C=O) groups is 1. The summed E-state index contributed by atoms with van der Waals surface area (Å²) >= 11 is 6.04. The number of pyridine rings is 1. The first-order valence-electron chi connectivity index (χ1n) is 5.55. The van der Waals surface area contributed by atoms with E-state index in [9.17, 15) is 4.79 Å². The van der Waals surface area contributed by atoms with Gasteiger partial charge in [0.15, 0.2) is 0 Å². The lowest BCUT2D eigenvalue weighted by Crippen LogP contribution is -2.06. The second kappa shape index (κ2) is 5.71. The lowest BCUT2D eigenvalue weighted by Gasteiger charge is -2.10. The van der Waals surface area contributed by atoms with Gasteiger partial charge in [0.1, 0.15) is 16.5 Å². The van der Waals surface area contributed by atoms with E-state index < -0.39 is 5.97 Å². The predicted molar refractivity (Wildman–Crippen MR) is 72.6 cm³/mol. The zero-order valence-corrected chi connectivity index (χ0v) is 11.3. The molecule has 0 unspecified atom stereocenters. The van der Waals surface area contributed by atoms with Crippen LogP contribution < -0.4 is 4.74 Å². The Labute approximate surface area is 115 Å². The minimum Gasteiger partial charge on any atom is -0.496 e. The quantitative estimate of drug-likeness (QED) is 0.638. The number of aromatic nitrogens is 1. The molecule has 0 saturated carbocycles. The lowest BCUT2D eigenvalue weighted by molar-refractivity contribution is 0.0597. The molecule has 0 aliphatic rings. The van der Waals surface area contributed by atoms with Crippen LogP contribution in [-0.4, -0.2) is 25.2 Å². The molecule has 0 saturated heterocycles. The van der Waals surface area contributed by atoms with Crippen LogP contribution in [0.3, 0.4) is 0 Å². The summed E-state index contributed by atoms with van der Waals surface area (Å²) in [4.78, 5) is 15.8. The van der Waals surface area contributed by atoms with Crippen LogP contribution in [0.25, 0.3) is 11.3 Å². The molecule has 0 radical (unpaired) electrons. The van der Waals surface area contributed by atoms with Gasteiger partial charge in [-0.25, -0.2) is 9.78 Å². The number of carbonyl (C=O) groups excluding carboxylic acids is 1. The molecule has 0 aliphatic heterocycles. The second-order valence-electron chi connectivity index (χ2n) is 3.73. The van der Waals surface area contributed by atoms with Crippen molar-refractivity contribution in [3.05, 3.63) is 47.1 Å². The maximum atomic E-state index is 11.6. The van der Waals surface area contributed by atoms with Crippen LogP contribution in [0.4, 0.5) is 0 Å². The topological polar surface area (TPSA) is 48.4 Å². The molecule has 0 bridgehead atoms. The molecule has 98 valence electrons. The summed E-state index contributed by atoms with van der Waals surface area (Å²) in [5, 5.41) is 0.0602. The third kappa shape index (κ3) is 2.69. The number of rotatable bonds is 3. The zero-order valence-electron chi connectivity index (χ0n) is 10.5. The van der Waals surface area contributed by atoms with Crippen molar-refractivity contribution in [1.82, 2.24) is 4.98 Å². The molecule has 5 heteroatoms. The molecule has 1 heterocycles. The normalized spacial score (nSPS) is 10.1. The summed E-state index contributed by atoms with van der Waals surface area (Å²) < 4.78 is 9.85. The van der Waals surface area contributed by atoms with E-state index in [-0.39, 0.29) is 10.7 Å². The number of hydrogen-bond acceptors (Lipinski definition) is 4. The standard InChI is InChI=1S/C14H12ClNO3/c1-18-11-8-10(9-6-4-3-5-7-9)16-13(15)12(11)14(17)19-2/h3-8H,1-2H3. The van der Waals surface area contributed by atoms with Gasteiger partial charge < -0.3 is 9.47 Å². The molecule has 1 aromatic heterocycles. The molecular formula is C14H12ClNO3. The molecular weight excluding hydrogens is 266 g/mol. The molecule has 0 aliphatic carbocycles. The molecule has 0 fully saturated rings. The van der Waals surface area contributed by atoms with Gasteiger partial charge in [0.2, 0.25) is 0 Å². The van der Waals surface area contributed by atoms with Crippen LogP contribution in [0.2, 0.25) is 5.15 Å².